The number of thiocarbonyl (C=S) groups is 1. The molecule has 1 amide bonds. The van der Waals surface area contributed by atoms with Crippen molar-refractivity contribution in [2.24, 2.45) is 0 Å². The van der Waals surface area contributed by atoms with Crippen LogP contribution in [-0.4, -0.2) is 42.1 Å². The number of carboxylic acid groups (broad SMARTS) is 1. The minimum absolute atomic E-state index is 0.0701. The average molecular weight is 510 g/mol. The summed E-state index contributed by atoms with van der Waals surface area (Å²) in [7, 11) is 0. The zero-order valence-corrected chi connectivity index (χ0v) is 21.0. The van der Waals surface area contributed by atoms with Gasteiger partial charge in [-0.3, -0.25) is 23.7 Å². The molecule has 3 heterocycles. The summed E-state index contributed by atoms with van der Waals surface area (Å²) in [5.74, 6) is -0.676. The number of hydrogen-bond donors (Lipinski definition) is 1. The van der Waals surface area contributed by atoms with Crippen LogP contribution in [0.1, 0.15) is 35.1 Å². The highest BCUT2D eigenvalue weighted by Gasteiger charge is 2.32. The number of hydrogen-bond acceptors (Lipinski definition) is 7. The van der Waals surface area contributed by atoms with Crippen LogP contribution in [0, 0.1) is 20.8 Å². The van der Waals surface area contributed by atoms with Gasteiger partial charge in [0.15, 0.2) is 0 Å². The maximum Gasteiger partial charge on any atom is 0.303 e. The van der Waals surface area contributed by atoms with E-state index in [4.69, 9.17) is 22.1 Å². The molecule has 1 aliphatic heterocycles. The van der Waals surface area contributed by atoms with Crippen LogP contribution in [0.3, 0.4) is 0 Å². The number of nitrogens with zero attached hydrogens (tertiary/aromatic N) is 3. The standard InChI is InChI=1S/C25H23N3O5S2/c1-14-8-9-18(16(3)12-14)33-22-17(23(31)27-10-4-6-15(2)21(27)26-22)13-19-24(32)28(25(34)35-19)11-5-7-20(29)30/h4,6,8-10,12-13H,5,7,11H2,1-3H3,(H,29,30)/b19-13+. The topological polar surface area (TPSA) is 101 Å². The van der Waals surface area contributed by atoms with Gasteiger partial charge in [-0.25, -0.2) is 0 Å². The van der Waals surface area contributed by atoms with Gasteiger partial charge < -0.3 is 9.84 Å². The van der Waals surface area contributed by atoms with Gasteiger partial charge in [-0.15, -0.1) is 0 Å². The van der Waals surface area contributed by atoms with E-state index in [1.165, 1.54) is 15.4 Å². The molecule has 180 valence electrons. The van der Waals surface area contributed by atoms with Crippen LogP contribution in [0.15, 0.2) is 46.2 Å². The van der Waals surface area contributed by atoms with Crippen LogP contribution >= 0.6 is 24.0 Å². The summed E-state index contributed by atoms with van der Waals surface area (Å²) in [4.78, 5) is 43.6. The summed E-state index contributed by atoms with van der Waals surface area (Å²) in [6, 6.07) is 9.30. The Balaban J connectivity index is 1.79. The molecular formula is C25H23N3O5S2. The Morgan fingerprint density at radius 3 is 2.69 bits per heavy atom. The lowest BCUT2D eigenvalue weighted by Crippen LogP contribution is -2.29. The summed E-state index contributed by atoms with van der Waals surface area (Å²) in [5.41, 5.74) is 2.95. The molecule has 0 atom stereocenters. The number of rotatable bonds is 7. The predicted molar refractivity (Wildman–Crippen MR) is 139 cm³/mol. The maximum absolute atomic E-state index is 13.5. The molecule has 0 spiro atoms. The molecule has 0 saturated carbocycles. The Kier molecular flexibility index (Phi) is 7.04. The highest BCUT2D eigenvalue weighted by atomic mass is 32.2. The second-order valence-electron chi connectivity index (χ2n) is 8.22. The smallest absolute Gasteiger partial charge is 0.303 e. The number of amides is 1. The molecule has 1 aromatic carbocycles. The molecule has 2 aromatic heterocycles. The summed E-state index contributed by atoms with van der Waals surface area (Å²) in [6.45, 7) is 5.92. The monoisotopic (exact) mass is 509 g/mol. The zero-order chi connectivity index (χ0) is 25.3. The third-order valence-corrected chi connectivity index (χ3v) is 6.89. The summed E-state index contributed by atoms with van der Waals surface area (Å²) < 4.78 is 7.86. The molecule has 0 aliphatic carbocycles. The maximum atomic E-state index is 13.5. The fraction of sp³-hybridized carbons (Fsp3) is 0.240. The quantitative estimate of drug-likeness (QED) is 0.368. The van der Waals surface area contributed by atoms with E-state index in [1.54, 1.807) is 12.3 Å². The first kappa shape index (κ1) is 24.6. The minimum atomic E-state index is -0.940. The van der Waals surface area contributed by atoms with Gasteiger partial charge in [0.2, 0.25) is 5.88 Å². The number of carbonyl (C=O) groups is 2. The fourth-order valence-corrected chi connectivity index (χ4v) is 5.01. The van der Waals surface area contributed by atoms with Crippen LogP contribution < -0.4 is 10.3 Å². The van der Waals surface area contributed by atoms with E-state index in [1.807, 2.05) is 45.0 Å². The van der Waals surface area contributed by atoms with E-state index < -0.39 is 5.97 Å². The van der Waals surface area contributed by atoms with Crippen molar-refractivity contribution >= 4 is 51.9 Å². The van der Waals surface area contributed by atoms with Crippen LogP contribution in [0.4, 0.5) is 0 Å². The summed E-state index contributed by atoms with van der Waals surface area (Å²) >= 11 is 6.40. The van der Waals surface area contributed by atoms with E-state index in [2.05, 4.69) is 4.98 Å². The molecule has 1 fully saturated rings. The van der Waals surface area contributed by atoms with Gasteiger partial charge >= 0.3 is 5.97 Å². The van der Waals surface area contributed by atoms with Gasteiger partial charge in [0, 0.05) is 19.2 Å². The second kappa shape index (κ2) is 10.0. The molecule has 35 heavy (non-hydrogen) atoms. The number of thioether (sulfide) groups is 1. The predicted octanol–water partition coefficient (Wildman–Crippen LogP) is 4.48. The Bertz CT molecular complexity index is 1460. The fourth-order valence-electron chi connectivity index (χ4n) is 3.72. The third-order valence-electron chi connectivity index (χ3n) is 5.51. The van der Waals surface area contributed by atoms with Crippen molar-refractivity contribution in [3.63, 3.8) is 0 Å². The van der Waals surface area contributed by atoms with Crippen molar-refractivity contribution in [2.45, 2.75) is 33.6 Å². The van der Waals surface area contributed by atoms with Crippen LogP contribution in [0.5, 0.6) is 11.6 Å². The lowest BCUT2D eigenvalue weighted by atomic mass is 10.1. The molecule has 0 radical (unpaired) electrons. The number of fused-ring (bicyclic) bond motifs is 1. The molecule has 0 unspecified atom stereocenters. The van der Waals surface area contributed by atoms with E-state index in [0.717, 1.165) is 28.5 Å². The Morgan fingerprint density at radius 1 is 1.20 bits per heavy atom. The molecule has 3 aromatic rings. The van der Waals surface area contributed by atoms with Crippen LogP contribution in [0.2, 0.25) is 0 Å². The van der Waals surface area contributed by atoms with E-state index in [9.17, 15) is 14.4 Å². The largest absolute Gasteiger partial charge is 0.481 e. The number of aliphatic carboxylic acids is 1. The van der Waals surface area contributed by atoms with E-state index in [-0.39, 0.29) is 47.2 Å². The molecule has 4 rings (SSSR count). The van der Waals surface area contributed by atoms with Gasteiger partial charge in [-0.05, 0) is 56.5 Å². The number of ether oxygens (including phenoxy) is 1. The Hall–Kier alpha value is -3.50. The number of pyridine rings is 1. The molecule has 10 heteroatoms. The SMILES string of the molecule is Cc1ccc(Oc2nc3c(C)cccn3c(=O)c2/C=C2/SC(=S)N(CCCC(=O)O)C2=O)c(C)c1. The molecule has 0 bridgehead atoms. The number of benzene rings is 1. The first-order chi connectivity index (χ1) is 16.7. The van der Waals surface area contributed by atoms with Gasteiger partial charge in [-0.1, -0.05) is 47.7 Å². The highest BCUT2D eigenvalue weighted by molar-refractivity contribution is 8.26. The number of carbonyl (C=O) groups excluding carboxylic acids is 1. The van der Waals surface area contributed by atoms with Gasteiger partial charge in [-0.2, -0.15) is 4.98 Å². The van der Waals surface area contributed by atoms with Crippen molar-refractivity contribution in [1.29, 1.82) is 0 Å². The van der Waals surface area contributed by atoms with Gasteiger partial charge in [0.05, 0.1) is 4.91 Å². The Labute approximate surface area is 211 Å². The number of aryl methyl sites for hydroxylation is 3. The van der Waals surface area contributed by atoms with Crippen LogP contribution in [-0.2, 0) is 9.59 Å². The molecule has 1 saturated heterocycles. The second-order valence-corrected chi connectivity index (χ2v) is 9.90. The van der Waals surface area contributed by atoms with Gasteiger partial charge in [0.1, 0.15) is 21.3 Å². The molecular weight excluding hydrogens is 486 g/mol. The lowest BCUT2D eigenvalue weighted by Gasteiger charge is -2.14. The number of carboxylic acids is 1. The molecule has 1 aliphatic rings. The first-order valence-corrected chi connectivity index (χ1v) is 12.1. The highest BCUT2D eigenvalue weighted by Crippen LogP contribution is 2.34. The zero-order valence-electron chi connectivity index (χ0n) is 19.4. The van der Waals surface area contributed by atoms with E-state index in [0.29, 0.717) is 15.7 Å². The van der Waals surface area contributed by atoms with Gasteiger partial charge in [0.25, 0.3) is 11.5 Å². The van der Waals surface area contributed by atoms with Crippen molar-refractivity contribution in [3.05, 3.63) is 74.0 Å². The van der Waals surface area contributed by atoms with Crippen LogP contribution in [0.25, 0.3) is 11.7 Å². The molecule has 1 N–H and O–H groups in total. The first-order valence-electron chi connectivity index (χ1n) is 10.9. The minimum Gasteiger partial charge on any atom is -0.481 e. The molecule has 8 nitrogen and oxygen atoms in total. The number of aromatic nitrogens is 2. The Morgan fingerprint density at radius 2 is 1.97 bits per heavy atom. The lowest BCUT2D eigenvalue weighted by molar-refractivity contribution is -0.137. The van der Waals surface area contributed by atoms with E-state index >= 15 is 0 Å². The van der Waals surface area contributed by atoms with Crippen molar-refractivity contribution in [3.8, 4) is 11.6 Å². The summed E-state index contributed by atoms with van der Waals surface area (Å²) in [5, 5.41) is 8.88. The van der Waals surface area contributed by atoms with Crippen molar-refractivity contribution in [2.75, 3.05) is 6.54 Å². The summed E-state index contributed by atoms with van der Waals surface area (Å²) in [6.07, 6.45) is 3.28. The third kappa shape index (κ3) is 5.13. The average Bonchev–Trinajstić information content (AvgIpc) is 3.06. The normalized spacial score (nSPS) is 14.8. The van der Waals surface area contributed by atoms with Crippen molar-refractivity contribution < 1.29 is 19.4 Å². The van der Waals surface area contributed by atoms with Crippen molar-refractivity contribution in [1.82, 2.24) is 14.3 Å².